The number of rotatable bonds is 6. The number of benzene rings is 1. The third kappa shape index (κ3) is 4.93. The van der Waals surface area contributed by atoms with E-state index in [1.54, 1.807) is 0 Å². The second-order valence-electron chi connectivity index (χ2n) is 6.26. The molecular weight excluding hydrogens is 274 g/mol. The van der Waals surface area contributed by atoms with Gasteiger partial charge in [-0.25, -0.2) is 0 Å². The van der Waals surface area contributed by atoms with Gasteiger partial charge in [0.15, 0.2) is 5.96 Å². The van der Waals surface area contributed by atoms with Crippen molar-refractivity contribution in [1.82, 2.24) is 10.6 Å². The molecule has 1 aliphatic rings. The Balaban J connectivity index is 1.81. The summed E-state index contributed by atoms with van der Waals surface area (Å²) >= 11 is 0. The van der Waals surface area contributed by atoms with Gasteiger partial charge >= 0.3 is 0 Å². The van der Waals surface area contributed by atoms with E-state index in [0.29, 0.717) is 0 Å². The lowest BCUT2D eigenvalue weighted by Crippen LogP contribution is -2.41. The number of hydrogen-bond acceptors (Lipinski definition) is 2. The fourth-order valence-corrected chi connectivity index (χ4v) is 2.74. The number of nitrogens with zero attached hydrogens (tertiary/aromatic N) is 1. The van der Waals surface area contributed by atoms with Crippen molar-refractivity contribution in [3.63, 3.8) is 0 Å². The first-order valence-corrected chi connectivity index (χ1v) is 8.39. The summed E-state index contributed by atoms with van der Waals surface area (Å²) in [6.45, 7) is 6.27. The first-order chi connectivity index (χ1) is 10.7. The molecule has 1 aliphatic heterocycles. The Morgan fingerprint density at radius 1 is 1.32 bits per heavy atom. The van der Waals surface area contributed by atoms with Crippen LogP contribution in [0.2, 0.25) is 0 Å². The quantitative estimate of drug-likeness (QED) is 0.480. The van der Waals surface area contributed by atoms with Gasteiger partial charge in [-0.2, -0.15) is 0 Å². The van der Waals surface area contributed by atoms with Gasteiger partial charge in [0.1, 0.15) is 5.75 Å². The van der Waals surface area contributed by atoms with Gasteiger partial charge in [0.2, 0.25) is 0 Å². The van der Waals surface area contributed by atoms with Gasteiger partial charge < -0.3 is 15.4 Å². The Hall–Kier alpha value is -1.71. The van der Waals surface area contributed by atoms with Crippen molar-refractivity contribution in [2.45, 2.75) is 45.6 Å². The van der Waals surface area contributed by atoms with Crippen LogP contribution in [0.5, 0.6) is 5.75 Å². The minimum atomic E-state index is 0.270. The summed E-state index contributed by atoms with van der Waals surface area (Å²) in [5, 5.41) is 6.94. The van der Waals surface area contributed by atoms with Gasteiger partial charge in [0.25, 0.3) is 0 Å². The maximum Gasteiger partial charge on any atom is 0.191 e. The molecule has 4 heteroatoms. The first kappa shape index (κ1) is 16.7. The Bertz CT molecular complexity index is 485. The number of fused-ring (bicyclic) bond motifs is 1. The predicted octanol–water partition coefficient (Wildman–Crippen LogP) is 3.50. The van der Waals surface area contributed by atoms with E-state index < -0.39 is 0 Å². The second-order valence-corrected chi connectivity index (χ2v) is 6.26. The molecule has 0 aromatic heterocycles. The van der Waals surface area contributed by atoms with Crippen molar-refractivity contribution in [3.8, 4) is 5.75 Å². The smallest absolute Gasteiger partial charge is 0.191 e. The van der Waals surface area contributed by atoms with Crippen LogP contribution in [0.15, 0.2) is 29.3 Å². The van der Waals surface area contributed by atoms with Crippen molar-refractivity contribution >= 4 is 5.96 Å². The van der Waals surface area contributed by atoms with E-state index in [9.17, 15) is 0 Å². The van der Waals surface area contributed by atoms with E-state index in [2.05, 4.69) is 41.6 Å². The largest absolute Gasteiger partial charge is 0.493 e. The van der Waals surface area contributed by atoms with Gasteiger partial charge in [-0.1, -0.05) is 44.9 Å². The van der Waals surface area contributed by atoms with E-state index in [4.69, 9.17) is 4.74 Å². The normalized spacial score (nSPS) is 17.8. The summed E-state index contributed by atoms with van der Waals surface area (Å²) in [4.78, 5) is 4.34. The highest BCUT2D eigenvalue weighted by Crippen LogP contribution is 2.31. The topological polar surface area (TPSA) is 45.7 Å². The molecule has 1 unspecified atom stereocenters. The second kappa shape index (κ2) is 8.66. The zero-order chi connectivity index (χ0) is 15.8. The zero-order valence-electron chi connectivity index (χ0n) is 14.1. The van der Waals surface area contributed by atoms with Gasteiger partial charge in [-0.05, 0) is 18.4 Å². The Labute approximate surface area is 134 Å². The third-order valence-electron chi connectivity index (χ3n) is 3.99. The van der Waals surface area contributed by atoms with Crippen molar-refractivity contribution in [3.05, 3.63) is 29.8 Å². The third-order valence-corrected chi connectivity index (χ3v) is 3.99. The molecule has 22 heavy (non-hydrogen) atoms. The lowest BCUT2D eigenvalue weighted by molar-refractivity contribution is 0.261. The SMILES string of the molecule is CN=C(NCCCCC(C)C)NC1CCOc2ccccc21. The molecule has 4 nitrogen and oxygen atoms in total. The Morgan fingerprint density at radius 3 is 2.91 bits per heavy atom. The fraction of sp³-hybridized carbons (Fsp3) is 0.611. The van der Waals surface area contributed by atoms with E-state index in [1.165, 1.54) is 24.8 Å². The average Bonchev–Trinajstić information content (AvgIpc) is 2.53. The van der Waals surface area contributed by atoms with Crippen molar-refractivity contribution in [2.24, 2.45) is 10.9 Å². The lowest BCUT2D eigenvalue weighted by Gasteiger charge is -2.28. The van der Waals surface area contributed by atoms with Crippen LogP contribution in [0.3, 0.4) is 0 Å². The average molecular weight is 303 g/mol. The highest BCUT2D eigenvalue weighted by Gasteiger charge is 2.21. The minimum Gasteiger partial charge on any atom is -0.493 e. The van der Waals surface area contributed by atoms with Crippen molar-refractivity contribution in [1.29, 1.82) is 0 Å². The van der Waals surface area contributed by atoms with Crippen LogP contribution in [0.25, 0.3) is 0 Å². The summed E-state index contributed by atoms with van der Waals surface area (Å²) in [5.41, 5.74) is 1.22. The molecule has 0 radical (unpaired) electrons. The van der Waals surface area contributed by atoms with Crippen LogP contribution in [0.4, 0.5) is 0 Å². The molecule has 0 amide bonds. The number of guanidine groups is 1. The van der Waals surface area contributed by atoms with Crippen molar-refractivity contribution in [2.75, 3.05) is 20.2 Å². The van der Waals surface area contributed by atoms with Crippen LogP contribution >= 0.6 is 0 Å². The maximum atomic E-state index is 5.70. The number of unbranched alkanes of at least 4 members (excludes halogenated alkanes) is 1. The number of aliphatic imine (C=N–C) groups is 1. The van der Waals surface area contributed by atoms with Gasteiger partial charge in [-0.15, -0.1) is 0 Å². The molecular formula is C18H29N3O. The molecule has 122 valence electrons. The van der Waals surface area contributed by atoms with E-state index >= 15 is 0 Å². The molecule has 1 aromatic carbocycles. The standard InChI is InChI=1S/C18H29N3O/c1-14(2)8-6-7-12-20-18(19-3)21-16-11-13-22-17-10-5-4-9-15(16)17/h4-5,9-10,14,16H,6-8,11-13H2,1-3H3,(H2,19,20,21). The zero-order valence-corrected chi connectivity index (χ0v) is 14.1. The molecule has 0 fully saturated rings. The molecule has 0 aliphatic carbocycles. The van der Waals surface area contributed by atoms with Crippen LogP contribution in [-0.4, -0.2) is 26.2 Å². The number of nitrogens with one attached hydrogen (secondary N) is 2. The molecule has 0 saturated heterocycles. The minimum absolute atomic E-state index is 0.270. The summed E-state index contributed by atoms with van der Waals surface area (Å²) in [5.74, 6) is 2.65. The molecule has 1 aromatic rings. The van der Waals surface area contributed by atoms with Gasteiger partial charge in [-0.3, -0.25) is 4.99 Å². The predicted molar refractivity (Wildman–Crippen MR) is 92.5 cm³/mol. The molecule has 2 N–H and O–H groups in total. The lowest BCUT2D eigenvalue weighted by atomic mass is 10.0. The number of hydrogen-bond donors (Lipinski definition) is 2. The fourth-order valence-electron chi connectivity index (χ4n) is 2.74. The monoisotopic (exact) mass is 303 g/mol. The van der Waals surface area contributed by atoms with E-state index in [-0.39, 0.29) is 6.04 Å². The Morgan fingerprint density at radius 2 is 2.14 bits per heavy atom. The van der Waals surface area contributed by atoms with Crippen LogP contribution in [0, 0.1) is 5.92 Å². The molecule has 1 atom stereocenters. The summed E-state index contributed by atoms with van der Waals surface area (Å²) in [6.07, 6.45) is 4.71. The summed E-state index contributed by atoms with van der Waals surface area (Å²) in [6, 6.07) is 8.51. The highest BCUT2D eigenvalue weighted by atomic mass is 16.5. The van der Waals surface area contributed by atoms with Gasteiger partial charge in [0, 0.05) is 25.6 Å². The molecule has 2 rings (SSSR count). The van der Waals surface area contributed by atoms with Crippen LogP contribution in [-0.2, 0) is 0 Å². The molecule has 1 heterocycles. The van der Waals surface area contributed by atoms with Crippen LogP contribution in [0.1, 0.15) is 51.1 Å². The molecule has 0 saturated carbocycles. The van der Waals surface area contributed by atoms with E-state index in [1.807, 2.05) is 19.2 Å². The Kier molecular flexibility index (Phi) is 6.56. The summed E-state index contributed by atoms with van der Waals surface area (Å²) in [7, 11) is 1.83. The number of ether oxygens (including phenoxy) is 1. The van der Waals surface area contributed by atoms with Gasteiger partial charge in [0.05, 0.1) is 12.6 Å². The highest BCUT2D eigenvalue weighted by molar-refractivity contribution is 5.80. The number of para-hydroxylation sites is 1. The van der Waals surface area contributed by atoms with E-state index in [0.717, 1.165) is 37.2 Å². The van der Waals surface area contributed by atoms with Crippen molar-refractivity contribution < 1.29 is 4.74 Å². The molecule has 0 bridgehead atoms. The van der Waals surface area contributed by atoms with Crippen LogP contribution < -0.4 is 15.4 Å². The molecule has 0 spiro atoms. The maximum absolute atomic E-state index is 5.70. The first-order valence-electron chi connectivity index (χ1n) is 8.39. The summed E-state index contributed by atoms with van der Waals surface area (Å²) < 4.78 is 5.70.